The molecule has 0 spiro atoms. The molecule has 0 N–H and O–H groups in total. The fourth-order valence-electron chi connectivity index (χ4n) is 1.98. The maximum atomic E-state index is 12.6. The second-order valence-electron chi connectivity index (χ2n) is 5.27. The molecule has 6 heteroatoms. The lowest BCUT2D eigenvalue weighted by molar-refractivity contribution is -0.339. The van der Waals surface area contributed by atoms with Crippen molar-refractivity contribution in [2.24, 2.45) is 17.3 Å². The molecule has 0 fully saturated rings. The Kier molecular flexibility index (Phi) is 4.94. The summed E-state index contributed by atoms with van der Waals surface area (Å²) in [7, 11) is 0. The van der Waals surface area contributed by atoms with Crippen LogP contribution in [-0.4, -0.2) is 12.4 Å². The molecular formula is C11H18F6. The Bertz CT molecular complexity index is 223. The molecule has 0 aliphatic carbocycles. The zero-order chi connectivity index (χ0) is 14.1. The van der Waals surface area contributed by atoms with E-state index in [1.54, 1.807) is 13.8 Å². The van der Waals surface area contributed by atoms with Crippen LogP contribution < -0.4 is 0 Å². The van der Waals surface area contributed by atoms with Gasteiger partial charge in [0, 0.05) is 0 Å². The summed E-state index contributed by atoms with van der Waals surface area (Å²) in [5.74, 6) is -0.543. The van der Waals surface area contributed by atoms with Crippen molar-refractivity contribution in [3.8, 4) is 0 Å². The smallest absolute Gasteiger partial charge is 0.170 e. The molecular weight excluding hydrogens is 246 g/mol. The molecule has 104 valence electrons. The lowest BCUT2D eigenvalue weighted by Gasteiger charge is -2.36. The van der Waals surface area contributed by atoms with Crippen LogP contribution in [0.1, 0.15) is 40.5 Å². The predicted octanol–water partition coefficient (Wildman–Crippen LogP) is 5.19. The van der Waals surface area contributed by atoms with Crippen molar-refractivity contribution in [1.29, 1.82) is 0 Å². The minimum atomic E-state index is -5.27. The molecule has 0 saturated carbocycles. The topological polar surface area (TPSA) is 0 Å². The van der Waals surface area contributed by atoms with Gasteiger partial charge in [0.1, 0.15) is 0 Å². The van der Waals surface area contributed by atoms with Crippen LogP contribution in [0.3, 0.4) is 0 Å². The Balaban J connectivity index is 4.99. The molecule has 0 unspecified atom stereocenters. The summed E-state index contributed by atoms with van der Waals surface area (Å²) in [5, 5.41) is 0. The molecule has 0 bridgehead atoms. The van der Waals surface area contributed by atoms with E-state index in [0.29, 0.717) is 6.42 Å². The summed E-state index contributed by atoms with van der Waals surface area (Å²) < 4.78 is 75.5. The van der Waals surface area contributed by atoms with Crippen LogP contribution >= 0.6 is 0 Å². The highest BCUT2D eigenvalue weighted by atomic mass is 19.4. The second kappa shape index (κ2) is 5.06. The van der Waals surface area contributed by atoms with E-state index >= 15 is 0 Å². The molecule has 0 rings (SSSR count). The van der Waals surface area contributed by atoms with Crippen LogP contribution in [0.2, 0.25) is 0 Å². The van der Waals surface area contributed by atoms with E-state index < -0.39 is 30.1 Å². The van der Waals surface area contributed by atoms with Crippen LogP contribution in [0.5, 0.6) is 0 Å². The molecule has 0 nitrogen and oxygen atoms in total. The van der Waals surface area contributed by atoms with Gasteiger partial charge < -0.3 is 0 Å². The molecule has 0 aromatic rings. The van der Waals surface area contributed by atoms with Gasteiger partial charge in [0.2, 0.25) is 0 Å². The van der Waals surface area contributed by atoms with Crippen molar-refractivity contribution in [2.45, 2.75) is 52.9 Å². The normalized spacial score (nSPS) is 16.4. The van der Waals surface area contributed by atoms with E-state index in [0.717, 1.165) is 0 Å². The zero-order valence-corrected chi connectivity index (χ0v) is 10.3. The molecule has 0 aromatic heterocycles. The summed E-state index contributed by atoms with van der Waals surface area (Å²) in [6, 6.07) is 0. The van der Waals surface area contributed by atoms with Gasteiger partial charge in [-0.15, -0.1) is 0 Å². The van der Waals surface area contributed by atoms with E-state index in [1.807, 2.05) is 0 Å². The molecule has 1 atom stereocenters. The van der Waals surface area contributed by atoms with Crippen molar-refractivity contribution in [3.63, 3.8) is 0 Å². The third kappa shape index (κ3) is 4.07. The van der Waals surface area contributed by atoms with Crippen LogP contribution in [0, 0.1) is 17.3 Å². The van der Waals surface area contributed by atoms with E-state index in [1.165, 1.54) is 6.92 Å². The maximum absolute atomic E-state index is 12.6. The van der Waals surface area contributed by atoms with Crippen LogP contribution in [0.25, 0.3) is 0 Å². The maximum Gasteiger partial charge on any atom is 0.402 e. The van der Waals surface area contributed by atoms with Crippen molar-refractivity contribution >= 4 is 0 Å². The van der Waals surface area contributed by atoms with Crippen molar-refractivity contribution < 1.29 is 26.3 Å². The van der Waals surface area contributed by atoms with Crippen molar-refractivity contribution in [2.75, 3.05) is 0 Å². The highest BCUT2D eigenvalue weighted by Gasteiger charge is 2.67. The first-order valence-electron chi connectivity index (χ1n) is 5.44. The van der Waals surface area contributed by atoms with E-state index in [9.17, 15) is 26.3 Å². The lowest BCUT2D eigenvalue weighted by Crippen LogP contribution is -2.48. The summed E-state index contributed by atoms with van der Waals surface area (Å²) in [6.07, 6.45) is -11.1. The third-order valence-electron chi connectivity index (χ3n) is 2.88. The second-order valence-corrected chi connectivity index (χ2v) is 5.27. The van der Waals surface area contributed by atoms with Gasteiger partial charge in [0.15, 0.2) is 5.41 Å². The van der Waals surface area contributed by atoms with E-state index in [4.69, 9.17) is 0 Å². The van der Waals surface area contributed by atoms with Gasteiger partial charge in [0.25, 0.3) is 0 Å². The largest absolute Gasteiger partial charge is 0.402 e. The quantitative estimate of drug-likeness (QED) is 0.613. The fraction of sp³-hybridized carbons (Fsp3) is 1.00. The van der Waals surface area contributed by atoms with Crippen LogP contribution in [0.15, 0.2) is 0 Å². The van der Waals surface area contributed by atoms with E-state index in [-0.39, 0.29) is 12.8 Å². The Labute approximate surface area is 97.4 Å². The van der Waals surface area contributed by atoms with Gasteiger partial charge >= 0.3 is 12.4 Å². The SMILES string of the molecule is CC(C)C[C@H](C)CC(C)(C(F)(F)F)C(F)(F)F. The van der Waals surface area contributed by atoms with Crippen LogP contribution in [-0.2, 0) is 0 Å². The number of rotatable bonds is 4. The Morgan fingerprint density at radius 2 is 1.18 bits per heavy atom. The molecule has 0 heterocycles. The highest BCUT2D eigenvalue weighted by Crippen LogP contribution is 2.53. The molecule has 0 aliphatic rings. The minimum absolute atomic E-state index is 0.0794. The van der Waals surface area contributed by atoms with Gasteiger partial charge in [-0.3, -0.25) is 0 Å². The Morgan fingerprint density at radius 1 is 0.824 bits per heavy atom. The number of alkyl halides is 6. The summed E-state index contributed by atoms with van der Waals surface area (Å²) in [5.41, 5.74) is -3.62. The van der Waals surface area contributed by atoms with Gasteiger partial charge in [-0.05, 0) is 31.6 Å². The van der Waals surface area contributed by atoms with Crippen molar-refractivity contribution in [1.82, 2.24) is 0 Å². The Morgan fingerprint density at radius 3 is 1.41 bits per heavy atom. The zero-order valence-electron chi connectivity index (χ0n) is 10.3. The van der Waals surface area contributed by atoms with Gasteiger partial charge in [-0.1, -0.05) is 20.8 Å². The van der Waals surface area contributed by atoms with E-state index in [2.05, 4.69) is 0 Å². The average Bonchev–Trinajstić information content (AvgIpc) is 1.97. The summed E-state index contributed by atoms with van der Waals surface area (Å²) in [6.45, 7) is 5.21. The third-order valence-corrected chi connectivity index (χ3v) is 2.88. The molecule has 0 aromatic carbocycles. The summed E-state index contributed by atoms with van der Waals surface area (Å²) in [4.78, 5) is 0. The standard InChI is InChI=1S/C11H18F6/c1-7(2)5-8(3)6-9(4,10(12,13)14)11(15,16)17/h7-8H,5-6H2,1-4H3/t8-/m0/s1. The number of hydrogen-bond donors (Lipinski definition) is 0. The minimum Gasteiger partial charge on any atom is -0.170 e. The average molecular weight is 264 g/mol. The Hall–Kier alpha value is -0.420. The van der Waals surface area contributed by atoms with Crippen LogP contribution in [0.4, 0.5) is 26.3 Å². The van der Waals surface area contributed by atoms with Gasteiger partial charge in [0.05, 0.1) is 0 Å². The lowest BCUT2D eigenvalue weighted by atomic mass is 9.78. The number of halogens is 6. The van der Waals surface area contributed by atoms with Gasteiger partial charge in [-0.25, -0.2) is 0 Å². The molecule has 0 saturated heterocycles. The first kappa shape index (κ1) is 16.6. The number of hydrogen-bond acceptors (Lipinski definition) is 0. The molecule has 0 radical (unpaired) electrons. The highest BCUT2D eigenvalue weighted by molar-refractivity contribution is 4.90. The first-order chi connectivity index (χ1) is 7.31. The van der Waals surface area contributed by atoms with Gasteiger partial charge in [-0.2, -0.15) is 26.3 Å². The van der Waals surface area contributed by atoms with Crippen molar-refractivity contribution in [3.05, 3.63) is 0 Å². The monoisotopic (exact) mass is 264 g/mol. The fourth-order valence-corrected chi connectivity index (χ4v) is 1.98. The molecule has 17 heavy (non-hydrogen) atoms. The summed E-state index contributed by atoms with van der Waals surface area (Å²) >= 11 is 0. The first-order valence-corrected chi connectivity index (χ1v) is 5.44. The predicted molar refractivity (Wildman–Crippen MR) is 53.5 cm³/mol. The molecule has 0 aliphatic heterocycles. The molecule has 0 amide bonds.